The number of esters is 1. The van der Waals surface area contributed by atoms with Crippen molar-refractivity contribution in [3.8, 4) is 0 Å². The Balaban J connectivity index is 2.08. The number of Topliss-reactive ketones (excluding diaryl/α,β-unsaturated/α-hetero) is 1. The van der Waals surface area contributed by atoms with Gasteiger partial charge < -0.3 is 9.64 Å². The molecule has 0 radical (unpaired) electrons. The highest BCUT2D eigenvalue weighted by Crippen LogP contribution is 2.15. The lowest BCUT2D eigenvalue weighted by Crippen LogP contribution is -2.24. The molecule has 0 aliphatic rings. The molecule has 0 N–H and O–H groups in total. The Labute approximate surface area is 130 Å². The highest BCUT2D eigenvalue weighted by molar-refractivity contribution is 6.01. The third-order valence-electron chi connectivity index (χ3n) is 3.31. The first-order valence-corrected chi connectivity index (χ1v) is 7.06. The van der Waals surface area contributed by atoms with Crippen LogP contribution in [0.4, 0.5) is 5.69 Å². The van der Waals surface area contributed by atoms with Gasteiger partial charge in [-0.05, 0) is 25.1 Å². The minimum Gasteiger partial charge on any atom is -0.451 e. The summed E-state index contributed by atoms with van der Waals surface area (Å²) in [6, 6.07) is 15.9. The highest BCUT2D eigenvalue weighted by Gasteiger charge is 2.20. The summed E-state index contributed by atoms with van der Waals surface area (Å²) in [7, 11) is 3.79. The highest BCUT2D eigenvalue weighted by atomic mass is 16.5. The third kappa shape index (κ3) is 3.73. The summed E-state index contributed by atoms with van der Waals surface area (Å²) in [6.07, 6.45) is -0.821. The molecular formula is C18H19NO3. The molecule has 22 heavy (non-hydrogen) atoms. The second-order valence-electron chi connectivity index (χ2n) is 5.22. The zero-order chi connectivity index (χ0) is 16.1. The molecule has 0 saturated carbocycles. The van der Waals surface area contributed by atoms with Crippen molar-refractivity contribution >= 4 is 17.4 Å². The zero-order valence-electron chi connectivity index (χ0n) is 12.9. The molecule has 0 bridgehead atoms. The van der Waals surface area contributed by atoms with Gasteiger partial charge in [-0.3, -0.25) is 4.79 Å². The Bertz CT molecular complexity index is 665. The van der Waals surface area contributed by atoms with E-state index in [1.54, 1.807) is 49.4 Å². The first-order chi connectivity index (χ1) is 10.5. The van der Waals surface area contributed by atoms with E-state index in [0.717, 1.165) is 5.69 Å². The Hall–Kier alpha value is -2.62. The standard InChI is InChI=1S/C18H19NO3/c1-13(17(20)14-8-5-4-6-9-14)22-18(21)15-10-7-11-16(12-15)19(2)3/h4-13H,1-3H3/t13-/m0/s1. The lowest BCUT2D eigenvalue weighted by molar-refractivity contribution is 0.0319. The predicted octanol–water partition coefficient (Wildman–Crippen LogP) is 3.18. The molecule has 0 amide bonds. The summed E-state index contributed by atoms with van der Waals surface area (Å²) >= 11 is 0. The average molecular weight is 297 g/mol. The van der Waals surface area contributed by atoms with E-state index in [9.17, 15) is 9.59 Å². The van der Waals surface area contributed by atoms with E-state index in [1.807, 2.05) is 31.1 Å². The Morgan fingerprint density at radius 2 is 1.59 bits per heavy atom. The summed E-state index contributed by atoms with van der Waals surface area (Å²) in [5.41, 5.74) is 1.86. The van der Waals surface area contributed by atoms with Gasteiger partial charge in [0.2, 0.25) is 5.78 Å². The van der Waals surface area contributed by atoms with E-state index in [-0.39, 0.29) is 5.78 Å². The number of carbonyl (C=O) groups excluding carboxylic acids is 2. The van der Waals surface area contributed by atoms with Crippen molar-refractivity contribution in [2.24, 2.45) is 0 Å². The van der Waals surface area contributed by atoms with Crippen LogP contribution in [0.25, 0.3) is 0 Å². The lowest BCUT2D eigenvalue weighted by atomic mass is 10.1. The molecule has 2 rings (SSSR count). The van der Waals surface area contributed by atoms with Crippen LogP contribution >= 0.6 is 0 Å². The molecule has 114 valence electrons. The summed E-state index contributed by atoms with van der Waals surface area (Å²) in [5, 5.41) is 0. The van der Waals surface area contributed by atoms with Crippen molar-refractivity contribution in [1.29, 1.82) is 0 Å². The Morgan fingerprint density at radius 3 is 2.23 bits per heavy atom. The van der Waals surface area contributed by atoms with Crippen LogP contribution < -0.4 is 4.90 Å². The van der Waals surface area contributed by atoms with E-state index in [0.29, 0.717) is 11.1 Å². The molecule has 4 heteroatoms. The minimum atomic E-state index is -0.821. The maximum absolute atomic E-state index is 12.2. The lowest BCUT2D eigenvalue weighted by Gasteiger charge is -2.15. The van der Waals surface area contributed by atoms with Gasteiger partial charge in [-0.25, -0.2) is 4.79 Å². The topological polar surface area (TPSA) is 46.6 Å². The number of ketones is 1. The van der Waals surface area contributed by atoms with Gasteiger partial charge >= 0.3 is 5.97 Å². The molecule has 0 saturated heterocycles. The third-order valence-corrected chi connectivity index (χ3v) is 3.31. The van der Waals surface area contributed by atoms with Gasteiger partial charge in [0, 0.05) is 25.3 Å². The van der Waals surface area contributed by atoms with Crippen molar-refractivity contribution in [1.82, 2.24) is 0 Å². The van der Waals surface area contributed by atoms with Gasteiger partial charge in [0.25, 0.3) is 0 Å². The first-order valence-electron chi connectivity index (χ1n) is 7.06. The molecule has 0 aliphatic carbocycles. The fraction of sp³-hybridized carbons (Fsp3) is 0.222. The number of anilines is 1. The molecule has 2 aromatic carbocycles. The molecule has 0 spiro atoms. The van der Waals surface area contributed by atoms with E-state index >= 15 is 0 Å². The van der Waals surface area contributed by atoms with Crippen molar-refractivity contribution in [3.05, 3.63) is 65.7 Å². The average Bonchev–Trinajstić information content (AvgIpc) is 2.54. The van der Waals surface area contributed by atoms with Gasteiger partial charge in [0.15, 0.2) is 6.10 Å². The fourth-order valence-electron chi connectivity index (χ4n) is 2.03. The summed E-state index contributed by atoms with van der Waals surface area (Å²) in [6.45, 7) is 1.59. The van der Waals surface area contributed by atoms with Crippen molar-refractivity contribution in [2.75, 3.05) is 19.0 Å². The normalized spacial score (nSPS) is 11.6. The number of rotatable bonds is 5. The molecule has 2 aromatic rings. The van der Waals surface area contributed by atoms with Gasteiger partial charge in [-0.2, -0.15) is 0 Å². The summed E-state index contributed by atoms with van der Waals surface area (Å²) in [4.78, 5) is 26.3. The van der Waals surface area contributed by atoms with Crippen LogP contribution in [0.5, 0.6) is 0 Å². The first kappa shape index (κ1) is 15.8. The largest absolute Gasteiger partial charge is 0.451 e. The van der Waals surface area contributed by atoms with Crippen LogP contribution in [-0.4, -0.2) is 32.0 Å². The second-order valence-corrected chi connectivity index (χ2v) is 5.22. The van der Waals surface area contributed by atoms with Crippen molar-refractivity contribution in [2.45, 2.75) is 13.0 Å². The maximum Gasteiger partial charge on any atom is 0.338 e. The fourth-order valence-corrected chi connectivity index (χ4v) is 2.03. The summed E-state index contributed by atoms with van der Waals surface area (Å²) in [5.74, 6) is -0.710. The van der Waals surface area contributed by atoms with Crippen LogP contribution in [-0.2, 0) is 4.74 Å². The van der Waals surface area contributed by atoms with Crippen LogP contribution in [0.3, 0.4) is 0 Å². The van der Waals surface area contributed by atoms with E-state index in [1.165, 1.54) is 0 Å². The van der Waals surface area contributed by atoms with Crippen LogP contribution in [0.1, 0.15) is 27.6 Å². The van der Waals surface area contributed by atoms with Gasteiger partial charge in [0.05, 0.1) is 5.56 Å². The van der Waals surface area contributed by atoms with Crippen molar-refractivity contribution in [3.63, 3.8) is 0 Å². The maximum atomic E-state index is 12.2. The van der Waals surface area contributed by atoms with Crippen LogP contribution in [0.15, 0.2) is 54.6 Å². The molecule has 4 nitrogen and oxygen atoms in total. The quantitative estimate of drug-likeness (QED) is 0.628. The number of hydrogen-bond donors (Lipinski definition) is 0. The molecular weight excluding hydrogens is 278 g/mol. The Morgan fingerprint density at radius 1 is 0.955 bits per heavy atom. The molecule has 0 heterocycles. The number of benzene rings is 2. The number of nitrogens with zero attached hydrogens (tertiary/aromatic N) is 1. The number of ether oxygens (including phenoxy) is 1. The molecule has 0 unspecified atom stereocenters. The SMILES string of the molecule is C[C@H](OC(=O)c1cccc(N(C)C)c1)C(=O)c1ccccc1. The van der Waals surface area contributed by atoms with Gasteiger partial charge in [0.1, 0.15) is 0 Å². The van der Waals surface area contributed by atoms with E-state index in [4.69, 9.17) is 4.74 Å². The minimum absolute atomic E-state index is 0.210. The molecule has 0 aliphatic heterocycles. The second kappa shape index (κ2) is 6.89. The molecule has 0 aromatic heterocycles. The Kier molecular flexibility index (Phi) is 4.94. The smallest absolute Gasteiger partial charge is 0.338 e. The van der Waals surface area contributed by atoms with Crippen molar-refractivity contribution < 1.29 is 14.3 Å². The van der Waals surface area contributed by atoms with E-state index < -0.39 is 12.1 Å². The monoisotopic (exact) mass is 297 g/mol. The predicted molar refractivity (Wildman–Crippen MR) is 86.4 cm³/mol. The van der Waals surface area contributed by atoms with E-state index in [2.05, 4.69) is 0 Å². The van der Waals surface area contributed by atoms with Gasteiger partial charge in [-0.15, -0.1) is 0 Å². The number of carbonyl (C=O) groups is 2. The number of hydrogen-bond acceptors (Lipinski definition) is 4. The van der Waals surface area contributed by atoms with Crippen LogP contribution in [0, 0.1) is 0 Å². The zero-order valence-corrected chi connectivity index (χ0v) is 12.9. The summed E-state index contributed by atoms with van der Waals surface area (Å²) < 4.78 is 5.28. The molecule has 1 atom stereocenters. The van der Waals surface area contributed by atoms with Crippen LogP contribution in [0.2, 0.25) is 0 Å². The molecule has 0 fully saturated rings. The van der Waals surface area contributed by atoms with Gasteiger partial charge in [-0.1, -0.05) is 36.4 Å².